The van der Waals surface area contributed by atoms with Crippen molar-refractivity contribution in [2.75, 3.05) is 20.8 Å². The molecule has 0 heterocycles. The zero-order chi connectivity index (χ0) is 18.4. The summed E-state index contributed by atoms with van der Waals surface area (Å²) in [4.78, 5) is 11.8. The zero-order valence-corrected chi connectivity index (χ0v) is 15.3. The fourth-order valence-corrected chi connectivity index (χ4v) is 4.74. The Bertz CT molecular complexity index is 702. The average Bonchev–Trinajstić information content (AvgIpc) is 2.65. The van der Waals surface area contributed by atoms with Gasteiger partial charge < -0.3 is 9.47 Å². The SMILES string of the molecule is COc1ccc(S(=O)(=O)N(CC(=O)NN)C2CCCCC2)cc1OC. The van der Waals surface area contributed by atoms with E-state index < -0.39 is 15.9 Å². The molecule has 0 bridgehead atoms. The van der Waals surface area contributed by atoms with Crippen molar-refractivity contribution < 1.29 is 22.7 Å². The lowest BCUT2D eigenvalue weighted by atomic mass is 9.95. The minimum absolute atomic E-state index is 0.0561. The van der Waals surface area contributed by atoms with Crippen LogP contribution in [0.4, 0.5) is 0 Å². The molecule has 1 saturated carbocycles. The van der Waals surface area contributed by atoms with Crippen LogP contribution in [0.5, 0.6) is 11.5 Å². The molecule has 0 aliphatic heterocycles. The highest BCUT2D eigenvalue weighted by atomic mass is 32.2. The highest BCUT2D eigenvalue weighted by Gasteiger charge is 2.34. The molecule has 1 aromatic rings. The molecule has 1 fully saturated rings. The van der Waals surface area contributed by atoms with Gasteiger partial charge in [0.1, 0.15) is 0 Å². The molecular weight excluding hydrogens is 346 g/mol. The Morgan fingerprint density at radius 1 is 1.20 bits per heavy atom. The quantitative estimate of drug-likeness (QED) is 0.420. The molecule has 1 aromatic carbocycles. The minimum Gasteiger partial charge on any atom is -0.493 e. The van der Waals surface area contributed by atoms with Crippen LogP contribution in [-0.2, 0) is 14.8 Å². The van der Waals surface area contributed by atoms with Crippen molar-refractivity contribution in [2.45, 2.75) is 43.0 Å². The summed E-state index contributed by atoms with van der Waals surface area (Å²) in [5.74, 6) is 5.36. The third-order valence-corrected chi connectivity index (χ3v) is 6.30. The zero-order valence-electron chi connectivity index (χ0n) is 14.5. The van der Waals surface area contributed by atoms with Crippen molar-refractivity contribution in [2.24, 2.45) is 5.84 Å². The molecule has 0 saturated heterocycles. The van der Waals surface area contributed by atoms with Gasteiger partial charge in [0.2, 0.25) is 15.9 Å². The van der Waals surface area contributed by atoms with Crippen molar-refractivity contribution in [3.05, 3.63) is 18.2 Å². The molecule has 0 radical (unpaired) electrons. The van der Waals surface area contributed by atoms with Crippen LogP contribution in [0.1, 0.15) is 32.1 Å². The number of hydrogen-bond donors (Lipinski definition) is 2. The van der Waals surface area contributed by atoms with E-state index in [9.17, 15) is 13.2 Å². The van der Waals surface area contributed by atoms with Crippen LogP contribution >= 0.6 is 0 Å². The van der Waals surface area contributed by atoms with Gasteiger partial charge in [-0.2, -0.15) is 4.31 Å². The predicted molar refractivity (Wildman–Crippen MR) is 92.6 cm³/mol. The Kier molecular flexibility index (Phi) is 6.63. The second-order valence-electron chi connectivity index (χ2n) is 5.93. The number of methoxy groups -OCH3 is 2. The number of sulfonamides is 1. The van der Waals surface area contributed by atoms with Gasteiger partial charge in [-0.05, 0) is 25.0 Å². The van der Waals surface area contributed by atoms with Crippen LogP contribution in [0.3, 0.4) is 0 Å². The Labute approximate surface area is 148 Å². The third-order valence-electron chi connectivity index (χ3n) is 4.40. The first-order valence-electron chi connectivity index (χ1n) is 8.17. The lowest BCUT2D eigenvalue weighted by molar-refractivity contribution is -0.121. The summed E-state index contributed by atoms with van der Waals surface area (Å²) in [6.07, 6.45) is 4.40. The second-order valence-corrected chi connectivity index (χ2v) is 7.82. The van der Waals surface area contributed by atoms with Gasteiger partial charge in [0.25, 0.3) is 0 Å². The van der Waals surface area contributed by atoms with E-state index in [2.05, 4.69) is 0 Å². The smallest absolute Gasteiger partial charge is 0.249 e. The Balaban J connectivity index is 2.41. The van der Waals surface area contributed by atoms with Crippen LogP contribution < -0.4 is 20.7 Å². The molecule has 1 aliphatic carbocycles. The predicted octanol–water partition coefficient (Wildman–Crippen LogP) is 1.02. The van der Waals surface area contributed by atoms with Crippen molar-refractivity contribution >= 4 is 15.9 Å². The standard InChI is InChI=1S/C16H25N3O5S/c1-23-14-9-8-13(10-15(14)24-2)25(21,22)19(11-16(20)18-17)12-6-4-3-5-7-12/h8-10,12H,3-7,11,17H2,1-2H3,(H,18,20). The largest absolute Gasteiger partial charge is 0.493 e. The lowest BCUT2D eigenvalue weighted by Crippen LogP contribution is -2.48. The number of hydrazine groups is 1. The molecule has 25 heavy (non-hydrogen) atoms. The summed E-state index contributed by atoms with van der Waals surface area (Å²) in [5.41, 5.74) is 2.01. The molecule has 0 spiro atoms. The van der Waals surface area contributed by atoms with E-state index in [0.29, 0.717) is 11.5 Å². The van der Waals surface area contributed by atoms with Crippen LogP contribution in [-0.4, -0.2) is 45.4 Å². The molecule has 9 heteroatoms. The molecule has 0 aromatic heterocycles. The van der Waals surface area contributed by atoms with E-state index in [-0.39, 0.29) is 17.5 Å². The number of nitrogens with one attached hydrogen (secondary N) is 1. The van der Waals surface area contributed by atoms with Gasteiger partial charge >= 0.3 is 0 Å². The minimum atomic E-state index is -3.88. The van der Waals surface area contributed by atoms with E-state index in [1.165, 1.54) is 36.7 Å². The summed E-state index contributed by atoms with van der Waals surface area (Å²) in [6.45, 7) is -0.308. The van der Waals surface area contributed by atoms with E-state index in [4.69, 9.17) is 15.3 Å². The number of benzene rings is 1. The van der Waals surface area contributed by atoms with Gasteiger partial charge in [-0.15, -0.1) is 0 Å². The second kappa shape index (κ2) is 8.50. The number of carbonyl (C=O) groups excluding carboxylic acids is 1. The van der Waals surface area contributed by atoms with Crippen molar-refractivity contribution in [1.29, 1.82) is 0 Å². The first kappa shape index (κ1) is 19.5. The molecule has 140 valence electrons. The highest BCUT2D eigenvalue weighted by Crippen LogP contribution is 2.33. The van der Waals surface area contributed by atoms with Crippen molar-refractivity contribution in [1.82, 2.24) is 9.73 Å². The van der Waals surface area contributed by atoms with Crippen LogP contribution in [0, 0.1) is 0 Å². The van der Waals surface area contributed by atoms with E-state index >= 15 is 0 Å². The number of nitrogens with zero attached hydrogens (tertiary/aromatic N) is 1. The van der Waals surface area contributed by atoms with Gasteiger partial charge in [-0.3, -0.25) is 10.2 Å². The third kappa shape index (κ3) is 4.42. The number of carbonyl (C=O) groups is 1. The first-order valence-corrected chi connectivity index (χ1v) is 9.61. The molecule has 3 N–H and O–H groups in total. The van der Waals surface area contributed by atoms with Gasteiger partial charge in [-0.25, -0.2) is 14.3 Å². The highest BCUT2D eigenvalue weighted by molar-refractivity contribution is 7.89. The molecule has 1 aliphatic rings. The Morgan fingerprint density at radius 3 is 2.40 bits per heavy atom. The summed E-state index contributed by atoms with van der Waals surface area (Å²) < 4.78 is 37.9. The van der Waals surface area contributed by atoms with Gasteiger partial charge in [0.05, 0.1) is 25.7 Å². The van der Waals surface area contributed by atoms with Gasteiger partial charge in [-0.1, -0.05) is 19.3 Å². The van der Waals surface area contributed by atoms with Crippen molar-refractivity contribution in [3.8, 4) is 11.5 Å². The average molecular weight is 371 g/mol. The Morgan fingerprint density at radius 2 is 1.84 bits per heavy atom. The molecule has 8 nitrogen and oxygen atoms in total. The summed E-state index contributed by atoms with van der Waals surface area (Å²) in [7, 11) is -0.964. The van der Waals surface area contributed by atoms with Crippen LogP contribution in [0.15, 0.2) is 23.1 Å². The van der Waals surface area contributed by atoms with E-state index in [1.54, 1.807) is 0 Å². The molecular formula is C16H25N3O5S. The monoisotopic (exact) mass is 371 g/mol. The summed E-state index contributed by atoms with van der Waals surface area (Å²) in [6, 6.07) is 4.18. The first-order chi connectivity index (χ1) is 11.9. The summed E-state index contributed by atoms with van der Waals surface area (Å²) >= 11 is 0. The maximum atomic E-state index is 13.2. The van der Waals surface area contributed by atoms with Crippen LogP contribution in [0.2, 0.25) is 0 Å². The fraction of sp³-hybridized carbons (Fsp3) is 0.562. The van der Waals surface area contributed by atoms with E-state index in [0.717, 1.165) is 32.1 Å². The van der Waals surface area contributed by atoms with Gasteiger partial charge in [0, 0.05) is 12.1 Å². The van der Waals surface area contributed by atoms with Crippen molar-refractivity contribution in [3.63, 3.8) is 0 Å². The lowest BCUT2D eigenvalue weighted by Gasteiger charge is -2.32. The Hall–Kier alpha value is -1.84. The molecule has 0 unspecified atom stereocenters. The maximum Gasteiger partial charge on any atom is 0.249 e. The maximum absolute atomic E-state index is 13.2. The number of ether oxygens (including phenoxy) is 2. The summed E-state index contributed by atoms with van der Waals surface area (Å²) in [5, 5.41) is 0. The number of nitrogens with two attached hydrogens (primary N) is 1. The normalized spacial score (nSPS) is 15.8. The van der Waals surface area contributed by atoms with E-state index in [1.807, 2.05) is 5.43 Å². The number of hydrogen-bond acceptors (Lipinski definition) is 6. The number of amides is 1. The number of rotatable bonds is 7. The van der Waals surface area contributed by atoms with Crippen LogP contribution in [0.25, 0.3) is 0 Å². The fourth-order valence-electron chi connectivity index (χ4n) is 3.08. The molecule has 1 amide bonds. The van der Waals surface area contributed by atoms with Gasteiger partial charge in [0.15, 0.2) is 11.5 Å². The topological polar surface area (TPSA) is 111 Å². The molecule has 2 rings (SSSR count). The molecule has 0 atom stereocenters.